The van der Waals surface area contributed by atoms with Crippen LogP contribution in [0, 0.1) is 0 Å². The van der Waals surface area contributed by atoms with E-state index in [1.807, 2.05) is 30.3 Å². The quantitative estimate of drug-likeness (QED) is 0.712. The number of aliphatic hydroxyl groups excluding tert-OH is 1. The third kappa shape index (κ3) is 3.88. The van der Waals surface area contributed by atoms with Gasteiger partial charge in [0.05, 0.1) is 29.7 Å². The fourth-order valence-corrected chi connectivity index (χ4v) is 4.29. The molecule has 2 aliphatic heterocycles. The first kappa shape index (κ1) is 18.3. The summed E-state index contributed by atoms with van der Waals surface area (Å²) in [4.78, 5) is 4.52. The molecule has 2 aromatic heterocycles. The predicted octanol–water partition coefficient (Wildman–Crippen LogP) is 1.23. The van der Waals surface area contributed by atoms with Crippen LogP contribution in [0.1, 0.15) is 30.7 Å². The molecule has 1 atom stereocenters. The zero-order valence-electron chi connectivity index (χ0n) is 16.4. The van der Waals surface area contributed by atoms with Gasteiger partial charge in [0.1, 0.15) is 0 Å². The van der Waals surface area contributed by atoms with Crippen LogP contribution < -0.4 is 4.90 Å². The van der Waals surface area contributed by atoms with Gasteiger partial charge in [-0.25, -0.2) is 0 Å². The van der Waals surface area contributed by atoms with Gasteiger partial charge in [-0.2, -0.15) is 9.78 Å². The summed E-state index contributed by atoms with van der Waals surface area (Å²) in [7, 11) is 0. The molecule has 1 aromatic carbocycles. The number of para-hydroxylation sites is 1. The van der Waals surface area contributed by atoms with E-state index in [-0.39, 0.29) is 6.10 Å². The van der Waals surface area contributed by atoms with Gasteiger partial charge < -0.3 is 10.0 Å². The number of hydrogen-bond acceptors (Lipinski definition) is 7. The monoisotopic (exact) mass is 394 g/mol. The number of anilines is 1. The molecule has 0 saturated carbocycles. The topological polar surface area (TPSA) is 88.1 Å². The van der Waals surface area contributed by atoms with Gasteiger partial charge in [0.25, 0.3) is 5.95 Å². The molecule has 1 saturated heterocycles. The Morgan fingerprint density at radius 1 is 1.07 bits per heavy atom. The molecule has 0 spiro atoms. The number of rotatable bonds is 4. The Hall–Kier alpha value is -2.78. The zero-order valence-corrected chi connectivity index (χ0v) is 16.4. The Balaban J connectivity index is 1.35. The Morgan fingerprint density at radius 3 is 2.83 bits per heavy atom. The second-order valence-corrected chi connectivity index (χ2v) is 7.88. The maximum absolute atomic E-state index is 9.92. The van der Waals surface area contributed by atoms with Crippen LogP contribution >= 0.6 is 0 Å². The average Bonchev–Trinajstić information content (AvgIpc) is 3.31. The first-order chi connectivity index (χ1) is 14.3. The van der Waals surface area contributed by atoms with E-state index in [0.29, 0.717) is 0 Å². The molecule has 9 nitrogen and oxygen atoms in total. The molecule has 0 amide bonds. The highest BCUT2D eigenvalue weighted by molar-refractivity contribution is 5.41. The third-order valence-corrected chi connectivity index (χ3v) is 5.67. The number of aromatic nitrogens is 6. The Labute approximate surface area is 169 Å². The van der Waals surface area contributed by atoms with Crippen LogP contribution in [0.25, 0.3) is 5.69 Å². The smallest absolute Gasteiger partial charge is 0.250 e. The minimum Gasteiger partial charge on any atom is -0.392 e. The van der Waals surface area contributed by atoms with E-state index in [9.17, 15) is 5.11 Å². The summed E-state index contributed by atoms with van der Waals surface area (Å²) in [6, 6.07) is 12.2. The number of piperidine rings is 1. The van der Waals surface area contributed by atoms with Crippen molar-refractivity contribution in [2.45, 2.75) is 45.0 Å². The summed E-state index contributed by atoms with van der Waals surface area (Å²) in [6.45, 7) is 5.05. The summed E-state index contributed by atoms with van der Waals surface area (Å²) in [6.07, 6.45) is 2.72. The van der Waals surface area contributed by atoms with E-state index < -0.39 is 0 Å². The molecule has 29 heavy (non-hydrogen) atoms. The molecular formula is C20H26N8O. The number of tetrazole rings is 1. The third-order valence-electron chi connectivity index (χ3n) is 5.67. The SMILES string of the molecule is OC1CCCN(Cc2cc3n(n2)CCCN(c2nnnn2-c2ccccc2)C3)C1. The number of aliphatic hydroxyl groups is 1. The van der Waals surface area contributed by atoms with Gasteiger partial charge in [-0.3, -0.25) is 9.58 Å². The van der Waals surface area contributed by atoms with Crippen molar-refractivity contribution in [1.29, 1.82) is 0 Å². The maximum Gasteiger partial charge on any atom is 0.250 e. The molecule has 5 rings (SSSR count). The summed E-state index contributed by atoms with van der Waals surface area (Å²) >= 11 is 0. The Morgan fingerprint density at radius 2 is 1.97 bits per heavy atom. The van der Waals surface area contributed by atoms with Crippen molar-refractivity contribution in [3.8, 4) is 5.69 Å². The average molecular weight is 394 g/mol. The van der Waals surface area contributed by atoms with Crippen LogP contribution in [0.4, 0.5) is 5.95 Å². The number of aryl methyl sites for hydroxylation is 1. The van der Waals surface area contributed by atoms with E-state index >= 15 is 0 Å². The van der Waals surface area contributed by atoms with Crippen LogP contribution in [-0.4, -0.2) is 65.7 Å². The van der Waals surface area contributed by atoms with Crippen molar-refractivity contribution in [3.05, 3.63) is 47.8 Å². The molecule has 0 aliphatic carbocycles. The number of β-amino-alcohol motifs (C(OH)–C–C–N with tert-alkyl or cyclic N) is 1. The Bertz CT molecular complexity index is 953. The lowest BCUT2D eigenvalue weighted by Crippen LogP contribution is -2.37. The first-order valence-electron chi connectivity index (χ1n) is 10.3. The van der Waals surface area contributed by atoms with Crippen molar-refractivity contribution < 1.29 is 5.11 Å². The van der Waals surface area contributed by atoms with Crippen LogP contribution in [0.15, 0.2) is 36.4 Å². The van der Waals surface area contributed by atoms with Gasteiger partial charge in [0.15, 0.2) is 0 Å². The van der Waals surface area contributed by atoms with Crippen molar-refractivity contribution in [1.82, 2.24) is 34.9 Å². The molecule has 152 valence electrons. The lowest BCUT2D eigenvalue weighted by molar-refractivity contribution is 0.0661. The van der Waals surface area contributed by atoms with Crippen LogP contribution in [0.2, 0.25) is 0 Å². The van der Waals surface area contributed by atoms with Crippen LogP contribution in [0.3, 0.4) is 0 Å². The second kappa shape index (κ2) is 7.92. The second-order valence-electron chi connectivity index (χ2n) is 7.88. The molecule has 0 bridgehead atoms. The van der Waals surface area contributed by atoms with Gasteiger partial charge in [-0.05, 0) is 54.4 Å². The van der Waals surface area contributed by atoms with E-state index in [4.69, 9.17) is 5.10 Å². The number of hydrogen-bond donors (Lipinski definition) is 1. The molecule has 4 heterocycles. The summed E-state index contributed by atoms with van der Waals surface area (Å²) < 4.78 is 3.91. The number of benzene rings is 1. The summed E-state index contributed by atoms with van der Waals surface area (Å²) in [5.74, 6) is 0.756. The van der Waals surface area contributed by atoms with Gasteiger partial charge in [0, 0.05) is 26.2 Å². The summed E-state index contributed by atoms with van der Waals surface area (Å²) in [5.41, 5.74) is 3.20. The van der Waals surface area contributed by atoms with Crippen molar-refractivity contribution in [3.63, 3.8) is 0 Å². The normalized spacial score (nSPS) is 20.4. The fourth-order valence-electron chi connectivity index (χ4n) is 4.29. The van der Waals surface area contributed by atoms with Crippen LogP contribution in [-0.2, 0) is 19.6 Å². The van der Waals surface area contributed by atoms with E-state index in [1.54, 1.807) is 4.68 Å². The summed E-state index contributed by atoms with van der Waals surface area (Å²) in [5, 5.41) is 27.2. The fraction of sp³-hybridized carbons (Fsp3) is 0.500. The lowest BCUT2D eigenvalue weighted by Gasteiger charge is -2.29. The molecule has 3 aromatic rings. The van der Waals surface area contributed by atoms with Gasteiger partial charge in [-0.1, -0.05) is 23.3 Å². The van der Waals surface area contributed by atoms with E-state index in [0.717, 1.165) is 75.9 Å². The standard InChI is InChI=1S/C20H26N8O/c29-19-8-4-9-25(15-19)13-16-12-18-14-26(10-5-11-27(18)22-16)20-21-23-24-28(20)17-6-2-1-3-7-17/h1-3,6-7,12,19,29H,4-5,8-11,13-15H2. The highest BCUT2D eigenvalue weighted by atomic mass is 16.3. The highest BCUT2D eigenvalue weighted by Crippen LogP contribution is 2.22. The van der Waals surface area contributed by atoms with Gasteiger partial charge in [0.2, 0.25) is 0 Å². The van der Waals surface area contributed by atoms with Crippen LogP contribution in [0.5, 0.6) is 0 Å². The molecule has 9 heteroatoms. The largest absolute Gasteiger partial charge is 0.392 e. The van der Waals surface area contributed by atoms with Gasteiger partial charge in [-0.15, -0.1) is 0 Å². The zero-order chi connectivity index (χ0) is 19.6. The molecule has 2 aliphatic rings. The number of nitrogens with zero attached hydrogens (tertiary/aromatic N) is 8. The predicted molar refractivity (Wildman–Crippen MR) is 108 cm³/mol. The molecule has 1 fully saturated rings. The van der Waals surface area contributed by atoms with Crippen molar-refractivity contribution >= 4 is 5.95 Å². The van der Waals surface area contributed by atoms with Crippen molar-refractivity contribution in [2.75, 3.05) is 24.5 Å². The lowest BCUT2D eigenvalue weighted by atomic mass is 10.1. The minimum atomic E-state index is -0.212. The van der Waals surface area contributed by atoms with Gasteiger partial charge >= 0.3 is 0 Å². The highest BCUT2D eigenvalue weighted by Gasteiger charge is 2.23. The van der Waals surface area contributed by atoms with E-state index in [2.05, 4.69) is 36.1 Å². The maximum atomic E-state index is 9.92. The Kier molecular flexibility index (Phi) is 4.99. The molecular weight excluding hydrogens is 368 g/mol. The molecule has 1 N–H and O–H groups in total. The molecule has 0 radical (unpaired) electrons. The first-order valence-corrected chi connectivity index (χ1v) is 10.3. The molecule has 1 unspecified atom stereocenters. The van der Waals surface area contributed by atoms with Crippen molar-refractivity contribution in [2.24, 2.45) is 0 Å². The minimum absolute atomic E-state index is 0.212. The van der Waals surface area contributed by atoms with E-state index in [1.165, 1.54) is 5.69 Å². The number of fused-ring (bicyclic) bond motifs is 1. The number of likely N-dealkylation sites (tertiary alicyclic amines) is 1.